The maximum atomic E-state index is 11.2. The van der Waals surface area contributed by atoms with Crippen molar-refractivity contribution in [3.05, 3.63) is 0 Å². The fourth-order valence-corrected chi connectivity index (χ4v) is 6.24. The lowest BCUT2D eigenvalue weighted by Crippen LogP contribution is -2.50. The molecule has 0 bridgehead atoms. The lowest BCUT2D eigenvalue weighted by molar-refractivity contribution is -0.308. The molecular formula is C27H52O4Si2. The van der Waals surface area contributed by atoms with Gasteiger partial charge in [0.25, 0.3) is 0 Å². The molecule has 0 unspecified atom stereocenters. The second kappa shape index (κ2) is 10.8. The number of aliphatic hydroxyl groups excluding tert-OH is 1. The summed E-state index contributed by atoms with van der Waals surface area (Å²) < 4.78 is 20.0. The van der Waals surface area contributed by atoms with Gasteiger partial charge in [-0.2, -0.15) is 0 Å². The highest BCUT2D eigenvalue weighted by atomic mass is 28.4. The molecule has 2 fully saturated rings. The van der Waals surface area contributed by atoms with Crippen LogP contribution in [-0.2, 0) is 13.9 Å². The first-order valence-corrected chi connectivity index (χ1v) is 19.7. The van der Waals surface area contributed by atoms with Gasteiger partial charge in [0.05, 0.1) is 6.10 Å². The van der Waals surface area contributed by atoms with Gasteiger partial charge in [0.2, 0.25) is 0 Å². The summed E-state index contributed by atoms with van der Waals surface area (Å²) in [5, 5.41) is 11.4. The fourth-order valence-electron chi connectivity index (χ4n) is 4.61. The average Bonchev–Trinajstić information content (AvgIpc) is 3.05. The third kappa shape index (κ3) is 7.66. The Hall–Kier alpha value is -0.166. The largest absolute Gasteiger partial charge is 0.417 e. The molecule has 2 heterocycles. The SMILES string of the molecule is CCCC[C@]1([C@H](O)C#C[Si](C)(C)C)CC[C@]2(CC[C@H](C)[C@@H](CCO[Si](C)(C)C(C)(C)C)O2)O1. The minimum absolute atomic E-state index is 0.135. The van der Waals surface area contributed by atoms with Crippen LogP contribution in [0.15, 0.2) is 0 Å². The summed E-state index contributed by atoms with van der Waals surface area (Å²) in [6, 6.07) is 0. The molecule has 33 heavy (non-hydrogen) atoms. The molecule has 0 aromatic rings. The van der Waals surface area contributed by atoms with Gasteiger partial charge in [-0.05, 0) is 49.7 Å². The van der Waals surface area contributed by atoms with Gasteiger partial charge in [0, 0.05) is 19.4 Å². The third-order valence-corrected chi connectivity index (χ3v) is 13.4. The van der Waals surface area contributed by atoms with Crippen LogP contribution < -0.4 is 0 Å². The Morgan fingerprint density at radius 1 is 1.12 bits per heavy atom. The van der Waals surface area contributed by atoms with Gasteiger partial charge in [0.1, 0.15) is 19.8 Å². The average molecular weight is 497 g/mol. The number of aliphatic hydroxyl groups is 1. The molecule has 2 aliphatic heterocycles. The van der Waals surface area contributed by atoms with E-state index >= 15 is 0 Å². The van der Waals surface area contributed by atoms with Crippen molar-refractivity contribution in [2.45, 2.75) is 147 Å². The van der Waals surface area contributed by atoms with E-state index in [2.05, 4.69) is 78.8 Å². The zero-order valence-electron chi connectivity index (χ0n) is 23.3. The van der Waals surface area contributed by atoms with Crippen LogP contribution in [-0.4, -0.2) is 51.7 Å². The summed E-state index contributed by atoms with van der Waals surface area (Å²) in [7, 11) is -3.33. The second-order valence-electron chi connectivity index (χ2n) is 13.2. The van der Waals surface area contributed by atoms with Gasteiger partial charge in [-0.3, -0.25) is 0 Å². The summed E-state index contributed by atoms with van der Waals surface area (Å²) in [5.74, 6) is 3.10. The van der Waals surface area contributed by atoms with Gasteiger partial charge < -0.3 is 19.0 Å². The number of ether oxygens (including phenoxy) is 2. The van der Waals surface area contributed by atoms with Gasteiger partial charge in [-0.25, -0.2) is 0 Å². The van der Waals surface area contributed by atoms with E-state index < -0.39 is 33.9 Å². The summed E-state index contributed by atoms with van der Waals surface area (Å²) in [5.41, 5.74) is 2.76. The van der Waals surface area contributed by atoms with Crippen molar-refractivity contribution in [2.24, 2.45) is 5.92 Å². The zero-order valence-corrected chi connectivity index (χ0v) is 25.3. The lowest BCUT2D eigenvalue weighted by atomic mass is 9.86. The maximum Gasteiger partial charge on any atom is 0.191 e. The number of hydrogen-bond donors (Lipinski definition) is 1. The molecule has 2 aliphatic rings. The molecule has 0 radical (unpaired) electrons. The van der Waals surface area contributed by atoms with Gasteiger partial charge in [0.15, 0.2) is 14.1 Å². The van der Waals surface area contributed by atoms with Crippen LogP contribution in [0, 0.1) is 17.4 Å². The molecule has 6 heteroatoms. The Balaban J connectivity index is 2.11. The third-order valence-electron chi connectivity index (χ3n) is 8.01. The van der Waals surface area contributed by atoms with E-state index in [1.807, 2.05) is 0 Å². The minimum Gasteiger partial charge on any atom is -0.417 e. The fraction of sp³-hybridized carbons (Fsp3) is 0.926. The highest BCUT2D eigenvalue weighted by Gasteiger charge is 2.55. The lowest BCUT2D eigenvalue weighted by Gasteiger charge is -2.44. The summed E-state index contributed by atoms with van der Waals surface area (Å²) in [6.45, 7) is 23.3. The van der Waals surface area contributed by atoms with Crippen LogP contribution in [0.3, 0.4) is 0 Å². The molecule has 0 aromatic heterocycles. The van der Waals surface area contributed by atoms with Gasteiger partial charge in [-0.1, -0.05) is 73.0 Å². The molecule has 1 N–H and O–H groups in total. The Morgan fingerprint density at radius 2 is 1.79 bits per heavy atom. The van der Waals surface area contributed by atoms with Crippen molar-refractivity contribution in [3.8, 4) is 11.5 Å². The van der Waals surface area contributed by atoms with Crippen molar-refractivity contribution in [1.82, 2.24) is 0 Å². The predicted molar refractivity (Wildman–Crippen MR) is 143 cm³/mol. The summed E-state index contributed by atoms with van der Waals surface area (Å²) in [6.07, 6.45) is 6.88. The second-order valence-corrected chi connectivity index (χ2v) is 22.7. The first-order chi connectivity index (χ1) is 15.0. The van der Waals surface area contributed by atoms with E-state index in [1.165, 1.54) is 0 Å². The normalized spacial score (nSPS) is 32.0. The quantitative estimate of drug-likeness (QED) is 0.293. The molecule has 0 aliphatic carbocycles. The number of hydrogen-bond acceptors (Lipinski definition) is 4. The topological polar surface area (TPSA) is 47.9 Å². The van der Waals surface area contributed by atoms with Crippen LogP contribution in [0.25, 0.3) is 0 Å². The summed E-state index contributed by atoms with van der Waals surface area (Å²) >= 11 is 0. The van der Waals surface area contributed by atoms with Crippen molar-refractivity contribution < 1.29 is 19.0 Å². The molecule has 4 nitrogen and oxygen atoms in total. The molecule has 2 saturated heterocycles. The van der Waals surface area contributed by atoms with Crippen molar-refractivity contribution in [2.75, 3.05) is 6.61 Å². The first kappa shape index (κ1) is 29.1. The molecule has 2 rings (SSSR count). The Labute approximate surface area is 206 Å². The molecule has 0 saturated carbocycles. The van der Waals surface area contributed by atoms with Gasteiger partial charge >= 0.3 is 0 Å². The van der Waals surface area contributed by atoms with E-state index in [0.717, 1.165) is 58.0 Å². The maximum absolute atomic E-state index is 11.2. The van der Waals surface area contributed by atoms with Gasteiger partial charge in [-0.15, -0.1) is 5.54 Å². The number of rotatable bonds is 8. The predicted octanol–water partition coefficient (Wildman–Crippen LogP) is 6.89. The number of unbranched alkanes of at least 4 members (excludes halogenated alkanes) is 1. The molecule has 1 spiro atoms. The Bertz CT molecular complexity index is 700. The van der Waals surface area contributed by atoms with E-state index in [-0.39, 0.29) is 11.1 Å². The van der Waals surface area contributed by atoms with Crippen LogP contribution in [0.5, 0.6) is 0 Å². The van der Waals surface area contributed by atoms with E-state index in [9.17, 15) is 5.11 Å². The first-order valence-electron chi connectivity index (χ1n) is 13.3. The smallest absolute Gasteiger partial charge is 0.191 e. The summed E-state index contributed by atoms with van der Waals surface area (Å²) in [4.78, 5) is 0. The highest BCUT2D eigenvalue weighted by molar-refractivity contribution is 6.83. The standard InChI is InChI=1S/C27H52O4Si2/c1-11-12-16-26(24(28)15-21-32(6,7)8)18-19-27(31-26)17-13-22(2)23(30-27)14-20-29-33(9,10)25(3,4)5/h22-24,28H,11-14,16-20H2,1-10H3/t22-,23+,24+,26+,27-/m0/s1. The van der Waals surface area contributed by atoms with Crippen molar-refractivity contribution in [3.63, 3.8) is 0 Å². The molecule has 192 valence electrons. The molecular weight excluding hydrogens is 444 g/mol. The Morgan fingerprint density at radius 3 is 2.36 bits per heavy atom. The van der Waals surface area contributed by atoms with Crippen LogP contribution in [0.4, 0.5) is 0 Å². The van der Waals surface area contributed by atoms with E-state index in [4.69, 9.17) is 13.9 Å². The minimum atomic E-state index is -1.76. The van der Waals surface area contributed by atoms with Crippen LogP contribution in [0.2, 0.25) is 37.8 Å². The van der Waals surface area contributed by atoms with E-state index in [1.54, 1.807) is 0 Å². The molecule has 5 atom stereocenters. The molecule has 0 amide bonds. The monoisotopic (exact) mass is 496 g/mol. The molecule has 0 aromatic carbocycles. The van der Waals surface area contributed by atoms with Crippen molar-refractivity contribution >= 4 is 16.4 Å². The van der Waals surface area contributed by atoms with Crippen LogP contribution in [0.1, 0.15) is 86.0 Å². The van der Waals surface area contributed by atoms with Crippen molar-refractivity contribution in [1.29, 1.82) is 0 Å². The zero-order chi connectivity index (χ0) is 25.1. The van der Waals surface area contributed by atoms with Crippen LogP contribution >= 0.6 is 0 Å². The Kier molecular flexibility index (Phi) is 9.55. The highest BCUT2D eigenvalue weighted by Crippen LogP contribution is 2.50. The van der Waals surface area contributed by atoms with E-state index in [0.29, 0.717) is 5.92 Å².